The first kappa shape index (κ1) is 9.99. The van der Waals surface area contributed by atoms with Crippen LogP contribution in [0.2, 0.25) is 0 Å². The van der Waals surface area contributed by atoms with Crippen LogP contribution in [-0.2, 0) is 0 Å². The minimum absolute atomic E-state index is 0.612. The molecule has 2 aliphatic heterocycles. The highest BCUT2D eigenvalue weighted by atomic mass is 15.7. The molecule has 0 aliphatic carbocycles. The van der Waals surface area contributed by atoms with Crippen LogP contribution in [0.4, 0.5) is 0 Å². The Bertz CT molecular complexity index is 245. The molecule has 2 heterocycles. The van der Waals surface area contributed by atoms with Crippen molar-refractivity contribution in [2.45, 2.75) is 33.2 Å². The van der Waals surface area contributed by atoms with Gasteiger partial charge in [-0.3, -0.25) is 0 Å². The molecule has 0 aromatic heterocycles. The number of hydrogen-bond donors (Lipinski definition) is 1. The molecule has 2 rings (SSSR count). The quantitative estimate of drug-likeness (QED) is 0.678. The van der Waals surface area contributed by atoms with Crippen molar-refractivity contribution in [3.8, 4) is 0 Å². The van der Waals surface area contributed by atoms with Crippen molar-refractivity contribution in [3.63, 3.8) is 0 Å². The van der Waals surface area contributed by atoms with Crippen molar-refractivity contribution >= 4 is 0 Å². The van der Waals surface area contributed by atoms with Gasteiger partial charge in [-0.25, -0.2) is 5.01 Å². The molecule has 0 amide bonds. The number of nitrogens with zero attached hydrogens (tertiary/aromatic N) is 2. The van der Waals surface area contributed by atoms with Crippen LogP contribution in [0.5, 0.6) is 0 Å². The van der Waals surface area contributed by atoms with Gasteiger partial charge in [0.15, 0.2) is 0 Å². The van der Waals surface area contributed by atoms with Crippen LogP contribution in [0.3, 0.4) is 0 Å². The maximum Gasteiger partial charge on any atom is 0.0437 e. The molecule has 3 heteroatoms. The minimum Gasteiger partial charge on any atom is -0.311 e. The number of hydrogen-bond acceptors (Lipinski definition) is 3. The van der Waals surface area contributed by atoms with Crippen molar-refractivity contribution in [1.82, 2.24) is 15.3 Å². The highest BCUT2D eigenvalue weighted by Crippen LogP contribution is 2.25. The Morgan fingerprint density at radius 2 is 2.14 bits per heavy atom. The number of rotatable bonds is 1. The van der Waals surface area contributed by atoms with Crippen LogP contribution in [0.15, 0.2) is 11.3 Å². The average Bonchev–Trinajstić information content (AvgIpc) is 2.38. The first-order chi connectivity index (χ1) is 6.70. The molecule has 1 saturated heterocycles. The third kappa shape index (κ3) is 1.66. The van der Waals surface area contributed by atoms with E-state index in [1.807, 2.05) is 0 Å². The van der Waals surface area contributed by atoms with Crippen molar-refractivity contribution in [3.05, 3.63) is 11.3 Å². The van der Waals surface area contributed by atoms with Gasteiger partial charge in [-0.1, -0.05) is 0 Å². The molecule has 0 saturated carbocycles. The largest absolute Gasteiger partial charge is 0.311 e. The summed E-state index contributed by atoms with van der Waals surface area (Å²) >= 11 is 0. The standard InChI is InChI=1S/C11H21N3/c1-9(2)14-8-10(3)11-7-12-5-4-6-13(11)14/h9,12H,4-8H2,1-3H3. The highest BCUT2D eigenvalue weighted by Gasteiger charge is 2.29. The Hall–Kier alpha value is -0.540. The van der Waals surface area contributed by atoms with Gasteiger partial charge < -0.3 is 10.3 Å². The van der Waals surface area contributed by atoms with Crippen LogP contribution < -0.4 is 5.32 Å². The average molecular weight is 195 g/mol. The summed E-state index contributed by atoms with van der Waals surface area (Å²) in [4.78, 5) is 0. The second-order valence-corrected chi connectivity index (χ2v) is 4.57. The topological polar surface area (TPSA) is 18.5 Å². The molecular weight excluding hydrogens is 174 g/mol. The molecule has 2 aliphatic rings. The fourth-order valence-corrected chi connectivity index (χ4v) is 2.32. The van der Waals surface area contributed by atoms with E-state index >= 15 is 0 Å². The lowest BCUT2D eigenvalue weighted by Crippen LogP contribution is -2.42. The minimum atomic E-state index is 0.612. The predicted octanol–water partition coefficient (Wildman–Crippen LogP) is 1.19. The van der Waals surface area contributed by atoms with Gasteiger partial charge >= 0.3 is 0 Å². The monoisotopic (exact) mass is 195 g/mol. The Morgan fingerprint density at radius 1 is 1.36 bits per heavy atom. The Labute approximate surface area is 86.7 Å². The molecule has 0 bridgehead atoms. The van der Waals surface area contributed by atoms with E-state index in [0.717, 1.165) is 19.6 Å². The number of fused-ring (bicyclic) bond motifs is 1. The Kier molecular flexibility index (Phi) is 2.79. The lowest BCUT2D eigenvalue weighted by atomic mass is 10.2. The summed E-state index contributed by atoms with van der Waals surface area (Å²) in [5.41, 5.74) is 3.05. The molecule has 0 atom stereocenters. The summed E-state index contributed by atoms with van der Waals surface area (Å²) < 4.78 is 0. The van der Waals surface area contributed by atoms with Crippen molar-refractivity contribution < 1.29 is 0 Å². The van der Waals surface area contributed by atoms with Crippen LogP contribution >= 0.6 is 0 Å². The second-order valence-electron chi connectivity index (χ2n) is 4.57. The summed E-state index contributed by atoms with van der Waals surface area (Å²) in [5.74, 6) is 0. The van der Waals surface area contributed by atoms with Gasteiger partial charge in [-0.05, 0) is 39.3 Å². The van der Waals surface area contributed by atoms with Gasteiger partial charge in [0.1, 0.15) is 0 Å². The lowest BCUT2D eigenvalue weighted by molar-refractivity contribution is 0.0107. The van der Waals surface area contributed by atoms with Crippen LogP contribution in [0.25, 0.3) is 0 Å². The zero-order chi connectivity index (χ0) is 10.1. The van der Waals surface area contributed by atoms with E-state index < -0.39 is 0 Å². The van der Waals surface area contributed by atoms with Crippen LogP contribution in [0.1, 0.15) is 27.2 Å². The van der Waals surface area contributed by atoms with Crippen molar-refractivity contribution in [2.75, 3.05) is 26.2 Å². The molecule has 0 aromatic carbocycles. The van der Waals surface area contributed by atoms with Gasteiger partial charge in [-0.2, -0.15) is 0 Å². The zero-order valence-corrected chi connectivity index (χ0v) is 9.51. The molecule has 0 unspecified atom stereocenters. The summed E-state index contributed by atoms with van der Waals surface area (Å²) in [6.45, 7) is 11.3. The van der Waals surface area contributed by atoms with Gasteiger partial charge in [0.2, 0.25) is 0 Å². The maximum absolute atomic E-state index is 3.48. The molecule has 80 valence electrons. The fourth-order valence-electron chi connectivity index (χ4n) is 2.32. The van der Waals surface area contributed by atoms with E-state index in [2.05, 4.69) is 36.1 Å². The summed E-state index contributed by atoms with van der Waals surface area (Å²) in [7, 11) is 0. The molecular formula is C11H21N3. The van der Waals surface area contributed by atoms with E-state index in [1.165, 1.54) is 24.2 Å². The predicted molar refractivity (Wildman–Crippen MR) is 58.7 cm³/mol. The molecule has 14 heavy (non-hydrogen) atoms. The van der Waals surface area contributed by atoms with Gasteiger partial charge in [-0.15, -0.1) is 0 Å². The normalized spacial score (nSPS) is 24.4. The first-order valence-corrected chi connectivity index (χ1v) is 5.63. The number of hydrazine groups is 1. The van der Waals surface area contributed by atoms with E-state index in [9.17, 15) is 0 Å². The third-order valence-corrected chi connectivity index (χ3v) is 3.13. The molecule has 0 spiro atoms. The smallest absolute Gasteiger partial charge is 0.0437 e. The van der Waals surface area contributed by atoms with Crippen LogP contribution in [-0.4, -0.2) is 42.2 Å². The molecule has 3 nitrogen and oxygen atoms in total. The van der Waals surface area contributed by atoms with Crippen LogP contribution in [0, 0.1) is 0 Å². The van der Waals surface area contributed by atoms with Gasteiger partial charge in [0.05, 0.1) is 0 Å². The molecule has 1 N–H and O–H groups in total. The SMILES string of the molecule is CC1=C2CNCCCN2N(C(C)C)C1. The fraction of sp³-hybridized carbons (Fsp3) is 0.818. The van der Waals surface area contributed by atoms with E-state index in [1.54, 1.807) is 0 Å². The molecule has 1 fully saturated rings. The van der Waals surface area contributed by atoms with E-state index in [-0.39, 0.29) is 0 Å². The van der Waals surface area contributed by atoms with E-state index in [4.69, 9.17) is 0 Å². The summed E-state index contributed by atoms with van der Waals surface area (Å²) in [6, 6.07) is 0.612. The number of nitrogens with one attached hydrogen (secondary N) is 1. The zero-order valence-electron chi connectivity index (χ0n) is 9.51. The first-order valence-electron chi connectivity index (χ1n) is 5.63. The third-order valence-electron chi connectivity index (χ3n) is 3.13. The van der Waals surface area contributed by atoms with E-state index in [0.29, 0.717) is 6.04 Å². The Morgan fingerprint density at radius 3 is 2.86 bits per heavy atom. The maximum atomic E-state index is 3.48. The second kappa shape index (κ2) is 3.91. The lowest BCUT2D eigenvalue weighted by Gasteiger charge is -2.34. The van der Waals surface area contributed by atoms with Gasteiger partial charge in [0, 0.05) is 31.4 Å². The van der Waals surface area contributed by atoms with Crippen molar-refractivity contribution in [1.29, 1.82) is 0 Å². The van der Waals surface area contributed by atoms with Gasteiger partial charge in [0.25, 0.3) is 0 Å². The highest BCUT2D eigenvalue weighted by molar-refractivity contribution is 5.19. The Balaban J connectivity index is 2.17. The molecule has 0 aromatic rings. The summed E-state index contributed by atoms with van der Waals surface area (Å²) in [6.07, 6.45) is 1.25. The molecule has 0 radical (unpaired) electrons. The van der Waals surface area contributed by atoms with Crippen molar-refractivity contribution in [2.24, 2.45) is 0 Å². The summed E-state index contributed by atoms with van der Waals surface area (Å²) in [5, 5.41) is 8.45.